The Bertz CT molecular complexity index is 561. The lowest BCUT2D eigenvalue weighted by atomic mass is 10.2. The van der Waals surface area contributed by atoms with Crippen LogP contribution in [0.1, 0.15) is 17.1 Å². The molecule has 0 aliphatic rings. The molecule has 1 heterocycles. The molecule has 20 heavy (non-hydrogen) atoms. The first-order chi connectivity index (χ1) is 9.63. The lowest BCUT2D eigenvalue weighted by Gasteiger charge is -2.07. The van der Waals surface area contributed by atoms with Crippen LogP contribution in [-0.2, 0) is 11.2 Å². The lowest BCUT2D eigenvalue weighted by Crippen LogP contribution is -2.30. The first kappa shape index (κ1) is 14.1. The zero-order valence-electron chi connectivity index (χ0n) is 11.7. The van der Waals surface area contributed by atoms with E-state index in [2.05, 4.69) is 10.3 Å². The summed E-state index contributed by atoms with van der Waals surface area (Å²) in [7, 11) is 0. The molecule has 1 amide bonds. The van der Waals surface area contributed by atoms with Gasteiger partial charge in [0, 0.05) is 19.9 Å². The van der Waals surface area contributed by atoms with Crippen molar-refractivity contribution in [3.8, 4) is 5.75 Å². The van der Waals surface area contributed by atoms with Crippen LogP contribution >= 0.6 is 0 Å². The molecule has 0 fully saturated rings. The standard InChI is InChI=1S/C15H18N2O3/c1-11-3-5-14(6-4-11)20-10-15(18)16-8-7-13-9-19-12(2)17-13/h3-6,9H,7-8,10H2,1-2H3,(H,16,18). The fourth-order valence-corrected chi connectivity index (χ4v) is 1.69. The van der Waals surface area contributed by atoms with Gasteiger partial charge in [-0.3, -0.25) is 4.79 Å². The zero-order chi connectivity index (χ0) is 14.4. The molecular formula is C15H18N2O3. The number of nitrogens with zero attached hydrogens (tertiary/aromatic N) is 1. The van der Waals surface area contributed by atoms with E-state index in [4.69, 9.17) is 9.15 Å². The normalized spacial score (nSPS) is 10.3. The SMILES string of the molecule is Cc1ccc(OCC(=O)NCCc2coc(C)n2)cc1. The summed E-state index contributed by atoms with van der Waals surface area (Å²) in [6.07, 6.45) is 2.25. The molecule has 0 unspecified atom stereocenters. The monoisotopic (exact) mass is 274 g/mol. The summed E-state index contributed by atoms with van der Waals surface area (Å²) in [6, 6.07) is 7.59. The Morgan fingerprint density at radius 3 is 2.70 bits per heavy atom. The van der Waals surface area contributed by atoms with Crippen LogP contribution in [-0.4, -0.2) is 24.0 Å². The van der Waals surface area contributed by atoms with Crippen molar-refractivity contribution in [2.75, 3.05) is 13.2 Å². The molecule has 2 rings (SSSR count). The molecule has 0 radical (unpaired) electrons. The van der Waals surface area contributed by atoms with Crippen molar-refractivity contribution in [3.63, 3.8) is 0 Å². The van der Waals surface area contributed by atoms with Gasteiger partial charge in [-0.2, -0.15) is 0 Å². The molecule has 5 nitrogen and oxygen atoms in total. The minimum atomic E-state index is -0.147. The predicted molar refractivity (Wildman–Crippen MR) is 74.6 cm³/mol. The molecule has 1 N–H and O–H groups in total. The Morgan fingerprint density at radius 1 is 1.30 bits per heavy atom. The maximum atomic E-state index is 11.6. The quantitative estimate of drug-likeness (QED) is 0.875. The summed E-state index contributed by atoms with van der Waals surface area (Å²) in [6.45, 7) is 4.32. The summed E-state index contributed by atoms with van der Waals surface area (Å²) >= 11 is 0. The van der Waals surface area contributed by atoms with Crippen LogP contribution in [0.4, 0.5) is 0 Å². The molecule has 0 atom stereocenters. The highest BCUT2D eigenvalue weighted by molar-refractivity contribution is 5.77. The van der Waals surface area contributed by atoms with E-state index >= 15 is 0 Å². The molecule has 106 valence electrons. The first-order valence-electron chi connectivity index (χ1n) is 6.50. The summed E-state index contributed by atoms with van der Waals surface area (Å²) in [5, 5.41) is 2.78. The van der Waals surface area contributed by atoms with E-state index in [9.17, 15) is 4.79 Å². The number of oxazole rings is 1. The van der Waals surface area contributed by atoms with Gasteiger partial charge in [-0.15, -0.1) is 0 Å². The highest BCUT2D eigenvalue weighted by Gasteiger charge is 2.04. The highest BCUT2D eigenvalue weighted by Crippen LogP contribution is 2.10. The number of aryl methyl sites for hydroxylation is 2. The predicted octanol–water partition coefficient (Wildman–Crippen LogP) is 2.03. The first-order valence-corrected chi connectivity index (χ1v) is 6.50. The van der Waals surface area contributed by atoms with Crippen molar-refractivity contribution < 1.29 is 13.9 Å². The minimum absolute atomic E-state index is 0.0148. The average molecular weight is 274 g/mol. The Morgan fingerprint density at radius 2 is 2.05 bits per heavy atom. The van der Waals surface area contributed by atoms with Crippen LogP contribution in [0.15, 0.2) is 34.9 Å². The molecule has 0 spiro atoms. The van der Waals surface area contributed by atoms with Crippen LogP contribution in [0, 0.1) is 13.8 Å². The Labute approximate surface area is 118 Å². The number of hydrogen-bond donors (Lipinski definition) is 1. The second kappa shape index (κ2) is 6.75. The van der Waals surface area contributed by atoms with Crippen molar-refractivity contribution in [1.82, 2.24) is 10.3 Å². The van der Waals surface area contributed by atoms with Gasteiger partial charge in [0.15, 0.2) is 12.5 Å². The molecule has 5 heteroatoms. The number of hydrogen-bond acceptors (Lipinski definition) is 4. The number of ether oxygens (including phenoxy) is 1. The third-order valence-corrected chi connectivity index (χ3v) is 2.76. The maximum Gasteiger partial charge on any atom is 0.257 e. The smallest absolute Gasteiger partial charge is 0.257 e. The third-order valence-electron chi connectivity index (χ3n) is 2.76. The van der Waals surface area contributed by atoms with E-state index in [-0.39, 0.29) is 12.5 Å². The highest BCUT2D eigenvalue weighted by atomic mass is 16.5. The number of benzene rings is 1. The van der Waals surface area contributed by atoms with Gasteiger partial charge >= 0.3 is 0 Å². The molecule has 0 aliphatic heterocycles. The van der Waals surface area contributed by atoms with Gasteiger partial charge in [0.05, 0.1) is 5.69 Å². The van der Waals surface area contributed by atoms with E-state index in [1.165, 1.54) is 0 Å². The number of carbonyl (C=O) groups is 1. The number of amides is 1. The lowest BCUT2D eigenvalue weighted by molar-refractivity contribution is -0.123. The summed E-state index contributed by atoms with van der Waals surface area (Å²) in [5.74, 6) is 1.18. The van der Waals surface area contributed by atoms with Crippen molar-refractivity contribution in [1.29, 1.82) is 0 Å². The Kier molecular flexibility index (Phi) is 4.76. The molecule has 0 aliphatic carbocycles. The van der Waals surface area contributed by atoms with Gasteiger partial charge in [-0.05, 0) is 19.1 Å². The largest absolute Gasteiger partial charge is 0.484 e. The molecule has 0 saturated heterocycles. The van der Waals surface area contributed by atoms with Crippen LogP contribution in [0.25, 0.3) is 0 Å². The van der Waals surface area contributed by atoms with Crippen LogP contribution in [0.3, 0.4) is 0 Å². The van der Waals surface area contributed by atoms with E-state index in [0.29, 0.717) is 24.6 Å². The van der Waals surface area contributed by atoms with Gasteiger partial charge in [-0.1, -0.05) is 17.7 Å². The van der Waals surface area contributed by atoms with Crippen molar-refractivity contribution in [3.05, 3.63) is 47.7 Å². The fraction of sp³-hybridized carbons (Fsp3) is 0.333. The van der Waals surface area contributed by atoms with Crippen LogP contribution < -0.4 is 10.1 Å². The molecule has 2 aromatic rings. The van der Waals surface area contributed by atoms with Gasteiger partial charge in [-0.25, -0.2) is 4.98 Å². The average Bonchev–Trinajstić information content (AvgIpc) is 2.84. The van der Waals surface area contributed by atoms with Crippen molar-refractivity contribution >= 4 is 5.91 Å². The van der Waals surface area contributed by atoms with Gasteiger partial charge in [0.25, 0.3) is 5.91 Å². The summed E-state index contributed by atoms with van der Waals surface area (Å²) in [4.78, 5) is 15.8. The molecule has 0 saturated carbocycles. The van der Waals surface area contributed by atoms with Crippen molar-refractivity contribution in [2.45, 2.75) is 20.3 Å². The zero-order valence-corrected chi connectivity index (χ0v) is 11.7. The second-order valence-corrected chi connectivity index (χ2v) is 4.56. The Balaban J connectivity index is 1.66. The molecule has 1 aromatic heterocycles. The minimum Gasteiger partial charge on any atom is -0.484 e. The van der Waals surface area contributed by atoms with E-state index in [1.54, 1.807) is 13.2 Å². The number of carbonyl (C=O) groups excluding carboxylic acids is 1. The van der Waals surface area contributed by atoms with Crippen molar-refractivity contribution in [2.24, 2.45) is 0 Å². The third kappa shape index (κ3) is 4.42. The van der Waals surface area contributed by atoms with Crippen LogP contribution in [0.2, 0.25) is 0 Å². The molecular weight excluding hydrogens is 256 g/mol. The van der Waals surface area contributed by atoms with Crippen LogP contribution in [0.5, 0.6) is 5.75 Å². The number of nitrogens with one attached hydrogen (secondary N) is 1. The Hall–Kier alpha value is -2.30. The number of rotatable bonds is 6. The van der Waals surface area contributed by atoms with Gasteiger partial charge < -0.3 is 14.5 Å². The summed E-state index contributed by atoms with van der Waals surface area (Å²) < 4.78 is 10.5. The van der Waals surface area contributed by atoms with E-state index in [0.717, 1.165) is 11.3 Å². The second-order valence-electron chi connectivity index (χ2n) is 4.56. The number of aromatic nitrogens is 1. The van der Waals surface area contributed by atoms with Gasteiger partial charge in [0.2, 0.25) is 0 Å². The topological polar surface area (TPSA) is 64.4 Å². The van der Waals surface area contributed by atoms with E-state index < -0.39 is 0 Å². The molecule has 0 bridgehead atoms. The van der Waals surface area contributed by atoms with Gasteiger partial charge in [0.1, 0.15) is 12.0 Å². The fourth-order valence-electron chi connectivity index (χ4n) is 1.69. The molecule has 1 aromatic carbocycles. The summed E-state index contributed by atoms with van der Waals surface area (Å²) in [5.41, 5.74) is 1.99. The van der Waals surface area contributed by atoms with E-state index in [1.807, 2.05) is 31.2 Å². The maximum absolute atomic E-state index is 11.6.